The third-order valence-electron chi connectivity index (χ3n) is 4.70. The molecule has 6 nitrogen and oxygen atoms in total. The summed E-state index contributed by atoms with van der Waals surface area (Å²) >= 11 is 1.46. The molecule has 1 aliphatic carbocycles. The number of thioether (sulfide) groups is 1. The highest BCUT2D eigenvalue weighted by Crippen LogP contribution is 2.40. The number of aliphatic hydroxyl groups excluding tert-OH is 1. The monoisotopic (exact) mass is 411 g/mol. The predicted molar refractivity (Wildman–Crippen MR) is 113 cm³/mol. The molecule has 0 spiro atoms. The molecule has 4 rings (SSSR count). The fourth-order valence-corrected chi connectivity index (χ4v) is 3.72. The Kier molecular flexibility index (Phi) is 6.49. The van der Waals surface area contributed by atoms with Crippen LogP contribution < -0.4 is 4.74 Å². The minimum Gasteiger partial charge on any atom is -0.497 e. The first-order chi connectivity index (χ1) is 14.2. The Morgan fingerprint density at radius 1 is 1.14 bits per heavy atom. The maximum atomic E-state index is 10.3. The molecule has 0 bridgehead atoms. The van der Waals surface area contributed by atoms with E-state index in [-0.39, 0.29) is 6.61 Å². The highest BCUT2D eigenvalue weighted by atomic mass is 32.2. The van der Waals surface area contributed by atoms with Crippen LogP contribution in [-0.4, -0.2) is 45.4 Å². The second-order valence-corrected chi connectivity index (χ2v) is 8.09. The smallest absolute Gasteiger partial charge is 0.209 e. The van der Waals surface area contributed by atoms with Gasteiger partial charge in [-0.2, -0.15) is 0 Å². The number of hydrogen-bond acceptors (Lipinski definition) is 6. The molecule has 0 radical (unpaired) electrons. The highest BCUT2D eigenvalue weighted by molar-refractivity contribution is 7.99. The van der Waals surface area contributed by atoms with Crippen LogP contribution in [0, 0.1) is 0 Å². The van der Waals surface area contributed by atoms with Crippen molar-refractivity contribution < 1.29 is 14.6 Å². The lowest BCUT2D eigenvalue weighted by Gasteiger charge is -2.10. The molecule has 0 aliphatic heterocycles. The summed E-state index contributed by atoms with van der Waals surface area (Å²) in [5.41, 5.74) is 2.07. The van der Waals surface area contributed by atoms with Crippen molar-refractivity contribution in [1.29, 1.82) is 0 Å². The first-order valence-corrected chi connectivity index (χ1v) is 10.8. The Balaban J connectivity index is 1.28. The van der Waals surface area contributed by atoms with Crippen LogP contribution in [0.1, 0.15) is 30.1 Å². The molecule has 1 N–H and O–H groups in total. The molecule has 1 aliphatic rings. The second-order valence-electron chi connectivity index (χ2n) is 7.10. The van der Waals surface area contributed by atoms with E-state index in [0.29, 0.717) is 23.4 Å². The van der Waals surface area contributed by atoms with Gasteiger partial charge in [-0.3, -0.25) is 0 Å². The van der Waals surface area contributed by atoms with E-state index in [1.54, 1.807) is 7.11 Å². The van der Waals surface area contributed by atoms with Crippen molar-refractivity contribution >= 4 is 11.8 Å². The van der Waals surface area contributed by atoms with Gasteiger partial charge in [0, 0.05) is 11.7 Å². The van der Waals surface area contributed by atoms with E-state index in [1.807, 2.05) is 59.3 Å². The summed E-state index contributed by atoms with van der Waals surface area (Å²) in [4.78, 5) is 4.72. The van der Waals surface area contributed by atoms with Gasteiger partial charge in [0.05, 0.1) is 32.1 Å². The van der Waals surface area contributed by atoms with E-state index in [2.05, 4.69) is 5.10 Å². The molecule has 152 valence electrons. The lowest BCUT2D eigenvalue weighted by Crippen LogP contribution is -2.18. The molecule has 29 heavy (non-hydrogen) atoms. The average molecular weight is 412 g/mol. The van der Waals surface area contributed by atoms with E-state index in [4.69, 9.17) is 14.5 Å². The largest absolute Gasteiger partial charge is 0.497 e. The Morgan fingerprint density at radius 3 is 2.59 bits per heavy atom. The van der Waals surface area contributed by atoms with Crippen molar-refractivity contribution in [2.24, 2.45) is 0 Å². The summed E-state index contributed by atoms with van der Waals surface area (Å²) in [6, 6.07) is 17.8. The van der Waals surface area contributed by atoms with Crippen LogP contribution in [-0.2, 0) is 11.3 Å². The number of rotatable bonds is 10. The Labute approximate surface area is 174 Å². The Morgan fingerprint density at radius 2 is 1.90 bits per heavy atom. The van der Waals surface area contributed by atoms with Crippen molar-refractivity contribution in [1.82, 2.24) is 14.8 Å². The van der Waals surface area contributed by atoms with E-state index in [0.717, 1.165) is 35.7 Å². The van der Waals surface area contributed by atoms with Gasteiger partial charge in [-0.05, 0) is 42.7 Å². The summed E-state index contributed by atoms with van der Waals surface area (Å²) in [7, 11) is 1.64. The van der Waals surface area contributed by atoms with E-state index >= 15 is 0 Å². The van der Waals surface area contributed by atoms with Gasteiger partial charge in [-0.25, -0.2) is 9.67 Å². The number of ether oxygens (including phenoxy) is 2. The first kappa shape index (κ1) is 19.9. The summed E-state index contributed by atoms with van der Waals surface area (Å²) in [6.45, 7) is 0.729. The fraction of sp³-hybridized carbons (Fsp3) is 0.364. The van der Waals surface area contributed by atoms with Gasteiger partial charge in [0.1, 0.15) is 11.6 Å². The summed E-state index contributed by atoms with van der Waals surface area (Å²) < 4.78 is 12.7. The maximum Gasteiger partial charge on any atom is 0.209 e. The van der Waals surface area contributed by atoms with Gasteiger partial charge >= 0.3 is 0 Å². The Bertz CT molecular complexity index is 911. The van der Waals surface area contributed by atoms with Crippen molar-refractivity contribution in [3.05, 3.63) is 66.0 Å². The molecular weight excluding hydrogens is 386 g/mol. The number of aromatic nitrogens is 3. The molecule has 3 aromatic rings. The third kappa shape index (κ3) is 5.38. The molecule has 1 atom stereocenters. The predicted octanol–water partition coefficient (Wildman–Crippen LogP) is 3.82. The van der Waals surface area contributed by atoms with Gasteiger partial charge in [0.15, 0.2) is 0 Å². The van der Waals surface area contributed by atoms with Gasteiger partial charge in [0.25, 0.3) is 0 Å². The standard InChI is InChI=1S/C22H25N3O3S/c1-27-20-11-7-16(8-12-20)13-28-14-19(26)15-29-22-23-21(17-9-10-17)25(24-22)18-5-3-2-4-6-18/h2-8,11-12,17,19,26H,9-10,13-15H2,1H3/t19-/m0/s1. The summed E-state index contributed by atoms with van der Waals surface area (Å²) in [6.07, 6.45) is 1.75. The quantitative estimate of drug-likeness (QED) is 0.512. The first-order valence-electron chi connectivity index (χ1n) is 9.77. The zero-order chi connectivity index (χ0) is 20.1. The van der Waals surface area contributed by atoms with E-state index in [9.17, 15) is 5.11 Å². The molecule has 0 saturated heterocycles. The SMILES string of the molecule is COc1ccc(COC[C@H](O)CSc2nc(C3CC3)n(-c3ccccc3)n2)cc1. The van der Waals surface area contributed by atoms with Crippen molar-refractivity contribution in [2.45, 2.75) is 36.6 Å². The van der Waals surface area contributed by atoms with Gasteiger partial charge in [-0.1, -0.05) is 42.1 Å². The van der Waals surface area contributed by atoms with Gasteiger partial charge in [-0.15, -0.1) is 5.10 Å². The number of nitrogens with zero attached hydrogens (tertiary/aromatic N) is 3. The number of aliphatic hydroxyl groups is 1. The number of para-hydroxylation sites is 1. The van der Waals surface area contributed by atoms with Crippen molar-refractivity contribution in [2.75, 3.05) is 19.5 Å². The molecule has 1 fully saturated rings. The molecule has 7 heteroatoms. The van der Waals surface area contributed by atoms with Crippen LogP contribution >= 0.6 is 11.8 Å². The zero-order valence-electron chi connectivity index (χ0n) is 16.4. The molecule has 1 aromatic heterocycles. The highest BCUT2D eigenvalue weighted by Gasteiger charge is 2.30. The van der Waals surface area contributed by atoms with E-state index in [1.165, 1.54) is 11.8 Å². The lowest BCUT2D eigenvalue weighted by molar-refractivity contribution is 0.0397. The third-order valence-corrected chi connectivity index (χ3v) is 5.68. The summed E-state index contributed by atoms with van der Waals surface area (Å²) in [5.74, 6) is 2.82. The molecule has 0 unspecified atom stereocenters. The number of hydrogen-bond donors (Lipinski definition) is 1. The molecule has 0 amide bonds. The normalized spacial score (nSPS) is 14.7. The van der Waals surface area contributed by atoms with Gasteiger partial charge in [0.2, 0.25) is 5.16 Å². The van der Waals surface area contributed by atoms with Crippen LogP contribution in [0.25, 0.3) is 5.69 Å². The fourth-order valence-electron chi connectivity index (χ4n) is 2.98. The average Bonchev–Trinajstić information content (AvgIpc) is 3.52. The van der Waals surface area contributed by atoms with E-state index < -0.39 is 6.10 Å². The maximum absolute atomic E-state index is 10.3. The van der Waals surface area contributed by atoms with Crippen LogP contribution in [0.5, 0.6) is 5.75 Å². The molecular formula is C22H25N3O3S. The minimum absolute atomic E-state index is 0.272. The summed E-state index contributed by atoms with van der Waals surface area (Å²) in [5, 5.41) is 15.6. The minimum atomic E-state index is -0.578. The zero-order valence-corrected chi connectivity index (χ0v) is 17.2. The van der Waals surface area contributed by atoms with Crippen LogP contribution in [0.4, 0.5) is 0 Å². The number of benzene rings is 2. The second kappa shape index (κ2) is 9.43. The molecule has 2 aromatic carbocycles. The van der Waals surface area contributed by atoms with Crippen LogP contribution in [0.2, 0.25) is 0 Å². The topological polar surface area (TPSA) is 69.4 Å². The van der Waals surface area contributed by atoms with Gasteiger partial charge < -0.3 is 14.6 Å². The van der Waals surface area contributed by atoms with Crippen LogP contribution in [0.15, 0.2) is 59.8 Å². The number of methoxy groups -OCH3 is 1. The Hall–Kier alpha value is -2.35. The van der Waals surface area contributed by atoms with Crippen molar-refractivity contribution in [3.63, 3.8) is 0 Å². The van der Waals surface area contributed by atoms with Crippen molar-refractivity contribution in [3.8, 4) is 11.4 Å². The molecule has 1 saturated carbocycles. The van der Waals surface area contributed by atoms with Crippen LogP contribution in [0.3, 0.4) is 0 Å². The lowest BCUT2D eigenvalue weighted by atomic mass is 10.2. The molecule has 1 heterocycles.